The number of carbonyl (C=O) groups excluding carboxylic acids is 3. The predicted octanol–water partition coefficient (Wildman–Crippen LogP) is 2.84. The van der Waals surface area contributed by atoms with Crippen molar-refractivity contribution < 1.29 is 42.2 Å². The molecule has 0 saturated carbocycles. The van der Waals surface area contributed by atoms with Gasteiger partial charge in [0.05, 0.1) is 23.1 Å². The van der Waals surface area contributed by atoms with E-state index < -0.39 is 35.1 Å². The molecule has 0 radical (unpaired) electrons. The molecule has 0 aromatic heterocycles. The van der Waals surface area contributed by atoms with Gasteiger partial charge in [-0.2, -0.15) is 13.2 Å². The molecule has 10 nitrogen and oxygen atoms in total. The van der Waals surface area contributed by atoms with Crippen molar-refractivity contribution in [1.82, 2.24) is 10.2 Å². The summed E-state index contributed by atoms with van der Waals surface area (Å²) in [5.41, 5.74) is 3.78. The van der Waals surface area contributed by atoms with E-state index in [0.717, 1.165) is 24.3 Å². The summed E-state index contributed by atoms with van der Waals surface area (Å²) in [4.78, 5) is 50.7. The van der Waals surface area contributed by atoms with Crippen LogP contribution >= 0.6 is 0 Å². The highest BCUT2D eigenvalue weighted by molar-refractivity contribution is 5.90. The van der Waals surface area contributed by atoms with E-state index >= 15 is 0 Å². The van der Waals surface area contributed by atoms with Crippen LogP contribution in [0.5, 0.6) is 0 Å². The molecule has 1 fully saturated rings. The van der Waals surface area contributed by atoms with Crippen LogP contribution in [0.4, 0.5) is 23.7 Å². The summed E-state index contributed by atoms with van der Waals surface area (Å²) in [5, 5.41) is 14.4. The second-order valence-corrected chi connectivity index (χ2v) is 8.79. The highest BCUT2D eigenvalue weighted by Crippen LogP contribution is 2.33. The molecule has 3 amide bonds. The van der Waals surface area contributed by atoms with Gasteiger partial charge in [0.2, 0.25) is 11.8 Å². The molecule has 0 spiro atoms. The van der Waals surface area contributed by atoms with Crippen LogP contribution in [0.1, 0.15) is 34.3 Å². The van der Waals surface area contributed by atoms with Gasteiger partial charge in [-0.1, -0.05) is 18.2 Å². The summed E-state index contributed by atoms with van der Waals surface area (Å²) >= 11 is 0. The normalized spacial score (nSPS) is 14.9. The molecule has 38 heavy (non-hydrogen) atoms. The van der Waals surface area contributed by atoms with E-state index in [0.29, 0.717) is 5.56 Å². The van der Waals surface area contributed by atoms with E-state index in [4.69, 9.17) is 10.5 Å². The third-order valence-electron chi connectivity index (χ3n) is 6.35. The highest BCUT2D eigenvalue weighted by atomic mass is 19.4. The molecular formula is C25H27F3N4O6. The minimum Gasteiger partial charge on any atom is -0.478 e. The molecule has 1 aliphatic heterocycles. The average Bonchev–Trinajstić information content (AvgIpc) is 2.90. The van der Waals surface area contributed by atoms with Crippen molar-refractivity contribution in [2.75, 3.05) is 31.6 Å². The van der Waals surface area contributed by atoms with Crippen molar-refractivity contribution >= 4 is 29.6 Å². The first kappa shape index (κ1) is 28.4. The molecule has 5 N–H and O–H groups in total. The minimum atomic E-state index is -4.52. The average molecular weight is 537 g/mol. The largest absolute Gasteiger partial charge is 0.478 e. The van der Waals surface area contributed by atoms with Crippen LogP contribution in [-0.4, -0.2) is 60.1 Å². The van der Waals surface area contributed by atoms with Gasteiger partial charge in [-0.3, -0.25) is 14.9 Å². The number of aromatic carboxylic acids is 1. The Hall–Kier alpha value is -4.13. The second kappa shape index (κ2) is 11.9. The lowest BCUT2D eigenvalue weighted by atomic mass is 9.78. The van der Waals surface area contributed by atoms with Crippen molar-refractivity contribution in [2.24, 2.45) is 11.1 Å². The van der Waals surface area contributed by atoms with E-state index in [1.807, 2.05) is 0 Å². The van der Waals surface area contributed by atoms with Gasteiger partial charge in [-0.25, -0.2) is 9.59 Å². The third kappa shape index (κ3) is 7.00. The van der Waals surface area contributed by atoms with Crippen LogP contribution in [0.15, 0.2) is 48.5 Å². The number of nitrogens with one attached hydrogen (secondary N) is 2. The van der Waals surface area contributed by atoms with Crippen LogP contribution in [0.3, 0.4) is 0 Å². The van der Waals surface area contributed by atoms with Crippen LogP contribution < -0.4 is 16.4 Å². The molecule has 2 aromatic carbocycles. The Labute approximate surface area is 215 Å². The lowest BCUT2D eigenvalue weighted by molar-refractivity contribution is -0.142. The Kier molecular flexibility index (Phi) is 8.94. The number of rotatable bonds is 8. The number of carbonyl (C=O) groups is 4. The Morgan fingerprint density at radius 1 is 1.03 bits per heavy atom. The van der Waals surface area contributed by atoms with E-state index in [-0.39, 0.29) is 62.8 Å². The number of anilines is 1. The smallest absolute Gasteiger partial charge is 0.416 e. The Morgan fingerprint density at radius 2 is 1.66 bits per heavy atom. The zero-order chi connectivity index (χ0) is 27.9. The van der Waals surface area contributed by atoms with Gasteiger partial charge in [0, 0.05) is 25.3 Å². The number of nitrogens with two attached hydrogens (primary N) is 1. The van der Waals surface area contributed by atoms with E-state index in [2.05, 4.69) is 10.6 Å². The minimum absolute atomic E-state index is 0.0254. The number of hydrogen-bond donors (Lipinski definition) is 4. The number of alkyl halides is 3. The Balaban J connectivity index is 1.69. The fourth-order valence-corrected chi connectivity index (χ4v) is 4.10. The molecule has 204 valence electrons. The fourth-order valence-electron chi connectivity index (χ4n) is 4.10. The number of carboxylic acid groups (broad SMARTS) is 1. The molecule has 2 aromatic rings. The molecule has 3 rings (SSSR count). The van der Waals surface area contributed by atoms with Crippen molar-refractivity contribution in [1.29, 1.82) is 0 Å². The zero-order valence-corrected chi connectivity index (χ0v) is 20.2. The maximum Gasteiger partial charge on any atom is 0.416 e. The number of carboxylic acids is 1. The van der Waals surface area contributed by atoms with Gasteiger partial charge in [0.15, 0.2) is 0 Å². The molecule has 1 heterocycles. The summed E-state index contributed by atoms with van der Waals surface area (Å²) in [6.45, 7) is -0.307. The molecule has 1 aliphatic rings. The van der Waals surface area contributed by atoms with Gasteiger partial charge in [-0.15, -0.1) is 0 Å². The number of benzene rings is 2. The topological polar surface area (TPSA) is 151 Å². The maximum absolute atomic E-state index is 13.3. The molecule has 13 heteroatoms. The molecule has 0 atom stereocenters. The summed E-state index contributed by atoms with van der Waals surface area (Å²) < 4.78 is 43.5. The van der Waals surface area contributed by atoms with Crippen molar-refractivity contribution in [3.05, 3.63) is 65.2 Å². The predicted molar refractivity (Wildman–Crippen MR) is 129 cm³/mol. The zero-order valence-electron chi connectivity index (χ0n) is 20.2. The fraction of sp³-hybridized carbons (Fsp3) is 0.360. The number of piperidine rings is 1. The quantitative estimate of drug-likeness (QED) is 0.405. The van der Waals surface area contributed by atoms with Crippen molar-refractivity contribution in [3.8, 4) is 0 Å². The number of ether oxygens (including phenoxy) is 1. The first-order valence-electron chi connectivity index (χ1n) is 11.6. The van der Waals surface area contributed by atoms with Crippen LogP contribution in [0.2, 0.25) is 0 Å². The Morgan fingerprint density at radius 3 is 2.24 bits per heavy atom. The third-order valence-corrected chi connectivity index (χ3v) is 6.35. The summed E-state index contributed by atoms with van der Waals surface area (Å²) in [6.07, 6.45) is -5.23. The second-order valence-electron chi connectivity index (χ2n) is 8.79. The molecule has 0 unspecified atom stereocenters. The first-order valence-corrected chi connectivity index (χ1v) is 11.6. The van der Waals surface area contributed by atoms with Crippen molar-refractivity contribution in [2.45, 2.75) is 25.6 Å². The van der Waals surface area contributed by atoms with Crippen LogP contribution in [-0.2, 0) is 27.0 Å². The standard InChI is InChI=1S/C25H27F3N4O6/c26-25(27,28)17-5-7-18(8-6-17)31-23(37)38-15-24(9-11-32(12-10-24)20(33)13-29)22(36)30-14-16-3-1-2-4-19(16)21(34)35/h1-8H,9-15,29H2,(H,30,36)(H,31,37)(H,34,35). The number of nitrogens with zero attached hydrogens (tertiary/aromatic N) is 1. The lowest BCUT2D eigenvalue weighted by Crippen LogP contribution is -2.53. The van der Waals surface area contributed by atoms with Gasteiger partial charge < -0.3 is 25.8 Å². The molecule has 0 bridgehead atoms. The summed E-state index contributed by atoms with van der Waals surface area (Å²) in [6, 6.07) is 9.93. The maximum atomic E-state index is 13.3. The van der Waals surface area contributed by atoms with Gasteiger partial charge in [0.25, 0.3) is 0 Å². The summed E-state index contributed by atoms with van der Waals surface area (Å²) in [7, 11) is 0. The summed E-state index contributed by atoms with van der Waals surface area (Å²) in [5.74, 6) is -1.95. The van der Waals surface area contributed by atoms with Gasteiger partial charge >= 0.3 is 18.2 Å². The van der Waals surface area contributed by atoms with E-state index in [1.165, 1.54) is 11.0 Å². The monoisotopic (exact) mass is 536 g/mol. The number of amides is 3. The number of likely N-dealkylation sites (tertiary alicyclic amines) is 1. The molecule has 1 saturated heterocycles. The Bertz CT molecular complexity index is 1180. The lowest BCUT2D eigenvalue weighted by Gasteiger charge is -2.40. The SMILES string of the molecule is NCC(=O)N1CCC(COC(=O)Nc2ccc(C(F)(F)F)cc2)(C(=O)NCc2ccccc2C(=O)O)CC1. The van der Waals surface area contributed by atoms with E-state index in [9.17, 15) is 37.5 Å². The van der Waals surface area contributed by atoms with Crippen molar-refractivity contribution in [3.63, 3.8) is 0 Å². The van der Waals surface area contributed by atoms with Crippen LogP contribution in [0.25, 0.3) is 0 Å². The van der Waals surface area contributed by atoms with Gasteiger partial charge in [0.1, 0.15) is 6.61 Å². The van der Waals surface area contributed by atoms with E-state index in [1.54, 1.807) is 18.2 Å². The highest BCUT2D eigenvalue weighted by Gasteiger charge is 2.43. The number of hydrogen-bond acceptors (Lipinski definition) is 6. The van der Waals surface area contributed by atoms with Crippen LogP contribution in [0, 0.1) is 5.41 Å². The first-order chi connectivity index (χ1) is 17.9. The molecular weight excluding hydrogens is 509 g/mol. The van der Waals surface area contributed by atoms with Gasteiger partial charge in [-0.05, 0) is 48.7 Å². The molecule has 0 aliphatic carbocycles. The number of halogens is 3.